The largest absolute Gasteiger partial charge is 0.290 e. The van der Waals surface area contributed by atoms with Gasteiger partial charge in [0, 0.05) is 19.9 Å². The molecule has 0 aliphatic rings. The summed E-state index contributed by atoms with van der Waals surface area (Å²) in [5.41, 5.74) is 2.74. The lowest BCUT2D eigenvalue weighted by molar-refractivity contribution is 0.0955. The van der Waals surface area contributed by atoms with Gasteiger partial charge in [0.15, 0.2) is 0 Å². The maximum atomic E-state index is 11.4. The number of fused-ring (bicyclic) bond motifs is 1. The van der Waals surface area contributed by atoms with E-state index in [1.165, 1.54) is 11.3 Å². The fraction of sp³-hybridized carbons (Fsp3) is 0. The molecule has 3 nitrogen and oxygen atoms in total. The van der Waals surface area contributed by atoms with Crippen molar-refractivity contribution in [3.63, 3.8) is 0 Å². The maximum absolute atomic E-state index is 11.4. The summed E-state index contributed by atoms with van der Waals surface area (Å²) in [6.45, 7) is 0. The van der Waals surface area contributed by atoms with E-state index in [4.69, 9.17) is 5.84 Å². The molecule has 3 N–H and O–H groups in total. The molecule has 0 radical (unpaired) electrons. The lowest BCUT2D eigenvalue weighted by Gasteiger charge is -1.98. The van der Waals surface area contributed by atoms with Crippen LogP contribution in [0.5, 0.6) is 0 Å². The van der Waals surface area contributed by atoms with Crippen LogP contribution in [0.25, 0.3) is 10.1 Å². The van der Waals surface area contributed by atoms with Gasteiger partial charge < -0.3 is 0 Å². The van der Waals surface area contributed by atoms with Gasteiger partial charge in [-0.15, -0.1) is 11.3 Å². The molecule has 5 heteroatoms. The molecule has 14 heavy (non-hydrogen) atoms. The highest BCUT2D eigenvalue weighted by molar-refractivity contribution is 9.10. The number of carbonyl (C=O) groups is 1. The summed E-state index contributed by atoms with van der Waals surface area (Å²) < 4.78 is 1.98. The second-order valence-electron chi connectivity index (χ2n) is 2.74. The standard InChI is InChI=1S/C9H7BrN2OS/c10-6-2-1-3-7-8(6)5(4-14-7)9(13)12-11/h1-4H,11H2,(H,12,13). The molecule has 1 amide bonds. The van der Waals surface area contributed by atoms with Crippen molar-refractivity contribution in [1.29, 1.82) is 0 Å². The number of carbonyl (C=O) groups excluding carboxylic acids is 1. The van der Waals surface area contributed by atoms with Gasteiger partial charge in [0.05, 0.1) is 5.56 Å². The van der Waals surface area contributed by atoms with Crippen LogP contribution in [-0.2, 0) is 0 Å². The molecule has 0 bridgehead atoms. The Bertz CT molecular complexity index is 495. The van der Waals surface area contributed by atoms with Gasteiger partial charge in [-0.05, 0) is 12.1 Å². The van der Waals surface area contributed by atoms with Crippen molar-refractivity contribution < 1.29 is 4.79 Å². The number of thiophene rings is 1. The van der Waals surface area contributed by atoms with E-state index in [1.54, 1.807) is 5.38 Å². The van der Waals surface area contributed by atoms with Crippen molar-refractivity contribution in [2.75, 3.05) is 0 Å². The van der Waals surface area contributed by atoms with Crippen LogP contribution in [0.4, 0.5) is 0 Å². The Labute approximate surface area is 93.0 Å². The number of nitrogens with one attached hydrogen (secondary N) is 1. The maximum Gasteiger partial charge on any atom is 0.266 e. The van der Waals surface area contributed by atoms with Crippen LogP contribution in [0.3, 0.4) is 0 Å². The number of nitrogens with two attached hydrogens (primary N) is 1. The van der Waals surface area contributed by atoms with Gasteiger partial charge in [0.25, 0.3) is 5.91 Å². The summed E-state index contributed by atoms with van der Waals surface area (Å²) in [7, 11) is 0. The van der Waals surface area contributed by atoms with Gasteiger partial charge in [-0.3, -0.25) is 10.2 Å². The van der Waals surface area contributed by atoms with Gasteiger partial charge in [0.2, 0.25) is 0 Å². The summed E-state index contributed by atoms with van der Waals surface area (Å²) in [5, 5.41) is 2.72. The third-order valence-electron chi connectivity index (χ3n) is 1.92. The monoisotopic (exact) mass is 270 g/mol. The number of benzene rings is 1. The summed E-state index contributed by atoms with van der Waals surface area (Å²) in [6.07, 6.45) is 0. The first-order chi connectivity index (χ1) is 6.74. The van der Waals surface area contributed by atoms with Gasteiger partial charge in [-0.2, -0.15) is 0 Å². The highest BCUT2D eigenvalue weighted by Gasteiger charge is 2.12. The Kier molecular flexibility index (Phi) is 2.54. The molecule has 1 aromatic heterocycles. The molecule has 0 spiro atoms. The van der Waals surface area contributed by atoms with Crippen LogP contribution in [-0.4, -0.2) is 5.91 Å². The normalized spacial score (nSPS) is 10.4. The first-order valence-corrected chi connectivity index (χ1v) is 5.58. The van der Waals surface area contributed by atoms with Crippen LogP contribution in [0.1, 0.15) is 10.4 Å². The second kappa shape index (κ2) is 3.68. The van der Waals surface area contributed by atoms with Crippen LogP contribution < -0.4 is 11.3 Å². The van der Waals surface area contributed by atoms with Crippen LogP contribution in [0, 0.1) is 0 Å². The number of hydrogen-bond acceptors (Lipinski definition) is 3. The topological polar surface area (TPSA) is 55.1 Å². The molecule has 0 atom stereocenters. The lowest BCUT2D eigenvalue weighted by Crippen LogP contribution is -2.29. The highest BCUT2D eigenvalue weighted by Crippen LogP contribution is 2.31. The molecule has 72 valence electrons. The first kappa shape index (κ1) is 9.64. The number of hydrazine groups is 1. The molecule has 0 unspecified atom stereocenters. The Morgan fingerprint density at radius 2 is 2.29 bits per heavy atom. The number of rotatable bonds is 1. The van der Waals surface area contributed by atoms with E-state index in [2.05, 4.69) is 21.4 Å². The minimum Gasteiger partial charge on any atom is -0.290 e. The van der Waals surface area contributed by atoms with Crippen molar-refractivity contribution in [2.45, 2.75) is 0 Å². The quantitative estimate of drug-likeness (QED) is 0.475. The molecule has 0 aliphatic carbocycles. The van der Waals surface area contributed by atoms with Gasteiger partial charge in [-0.1, -0.05) is 22.0 Å². The molecule has 0 fully saturated rings. The van der Waals surface area contributed by atoms with Crippen molar-refractivity contribution in [3.05, 3.63) is 33.6 Å². The molecular weight excluding hydrogens is 264 g/mol. The fourth-order valence-corrected chi connectivity index (χ4v) is 2.97. The van der Waals surface area contributed by atoms with Crippen molar-refractivity contribution in [2.24, 2.45) is 5.84 Å². The van der Waals surface area contributed by atoms with Gasteiger partial charge in [0.1, 0.15) is 0 Å². The van der Waals surface area contributed by atoms with Crippen molar-refractivity contribution in [3.8, 4) is 0 Å². The first-order valence-electron chi connectivity index (χ1n) is 3.90. The van der Waals surface area contributed by atoms with Gasteiger partial charge in [-0.25, -0.2) is 5.84 Å². The second-order valence-corrected chi connectivity index (χ2v) is 4.50. The zero-order valence-corrected chi connectivity index (χ0v) is 9.48. The number of amides is 1. The molecular formula is C9H7BrN2OS. The van der Waals surface area contributed by atoms with E-state index in [0.717, 1.165) is 14.6 Å². The summed E-state index contributed by atoms with van der Waals surface area (Å²) in [6, 6.07) is 5.81. The van der Waals surface area contributed by atoms with E-state index < -0.39 is 0 Å². The van der Waals surface area contributed by atoms with Gasteiger partial charge >= 0.3 is 0 Å². The smallest absolute Gasteiger partial charge is 0.266 e. The minimum atomic E-state index is -0.261. The Balaban J connectivity index is 2.73. The van der Waals surface area contributed by atoms with Crippen LogP contribution in [0.15, 0.2) is 28.1 Å². The molecule has 0 saturated heterocycles. The highest BCUT2D eigenvalue weighted by atomic mass is 79.9. The van der Waals surface area contributed by atoms with Crippen molar-refractivity contribution in [1.82, 2.24) is 5.43 Å². The van der Waals surface area contributed by atoms with E-state index in [-0.39, 0.29) is 5.91 Å². The van der Waals surface area contributed by atoms with E-state index in [9.17, 15) is 4.79 Å². The zero-order valence-electron chi connectivity index (χ0n) is 7.08. The summed E-state index contributed by atoms with van der Waals surface area (Å²) >= 11 is 4.94. The average molecular weight is 271 g/mol. The molecule has 0 aliphatic heterocycles. The van der Waals surface area contributed by atoms with E-state index in [0.29, 0.717) is 5.56 Å². The molecule has 2 aromatic rings. The predicted octanol–water partition coefficient (Wildman–Crippen LogP) is 2.27. The molecule has 0 saturated carbocycles. The van der Waals surface area contributed by atoms with Crippen LogP contribution in [0.2, 0.25) is 0 Å². The molecule has 1 aromatic carbocycles. The molecule has 2 rings (SSSR count). The minimum absolute atomic E-state index is 0.261. The summed E-state index contributed by atoms with van der Waals surface area (Å²) in [5.74, 6) is 4.83. The Morgan fingerprint density at radius 1 is 1.50 bits per heavy atom. The number of hydrogen-bond donors (Lipinski definition) is 2. The third-order valence-corrected chi connectivity index (χ3v) is 3.53. The zero-order chi connectivity index (χ0) is 10.1. The third kappa shape index (κ3) is 1.43. The number of halogens is 1. The molecule has 1 heterocycles. The number of nitrogen functional groups attached to an aromatic ring is 1. The Morgan fingerprint density at radius 3 is 3.00 bits per heavy atom. The van der Waals surface area contributed by atoms with Crippen LogP contribution >= 0.6 is 27.3 Å². The van der Waals surface area contributed by atoms with E-state index >= 15 is 0 Å². The predicted molar refractivity (Wildman–Crippen MR) is 61.2 cm³/mol. The SMILES string of the molecule is NNC(=O)c1csc2cccc(Br)c12. The average Bonchev–Trinajstić information content (AvgIpc) is 2.62. The Hall–Kier alpha value is -0.910. The fourth-order valence-electron chi connectivity index (χ4n) is 1.29. The van der Waals surface area contributed by atoms with Crippen molar-refractivity contribution >= 4 is 43.3 Å². The van der Waals surface area contributed by atoms with E-state index in [1.807, 2.05) is 18.2 Å². The lowest BCUT2D eigenvalue weighted by atomic mass is 10.2. The summed E-state index contributed by atoms with van der Waals surface area (Å²) in [4.78, 5) is 11.4.